The van der Waals surface area contributed by atoms with Gasteiger partial charge in [-0.3, -0.25) is 0 Å². The topological polar surface area (TPSA) is 32.7 Å². The molecule has 1 N–H and O–H groups in total. The number of aliphatic hydroxyl groups excluding tert-OH is 1. The summed E-state index contributed by atoms with van der Waals surface area (Å²) in [4.78, 5) is 2.29. The van der Waals surface area contributed by atoms with Crippen molar-refractivity contribution in [1.29, 1.82) is 0 Å². The van der Waals surface area contributed by atoms with Gasteiger partial charge in [0.2, 0.25) is 0 Å². The van der Waals surface area contributed by atoms with Gasteiger partial charge in [0.05, 0.1) is 13.2 Å². The van der Waals surface area contributed by atoms with E-state index in [4.69, 9.17) is 16.3 Å². The highest BCUT2D eigenvalue weighted by Crippen LogP contribution is 2.34. The number of halogens is 1. The maximum atomic E-state index is 9.38. The molecule has 0 heterocycles. The quantitative estimate of drug-likeness (QED) is 0.848. The first kappa shape index (κ1) is 12.7. The minimum Gasteiger partial charge on any atom is -0.392 e. The van der Waals surface area contributed by atoms with Crippen LogP contribution in [0.15, 0.2) is 18.2 Å². The zero-order valence-electron chi connectivity index (χ0n) is 10.0. The number of hydrogen-bond donors (Lipinski definition) is 1. The van der Waals surface area contributed by atoms with Crippen LogP contribution in [0.4, 0.5) is 5.69 Å². The van der Waals surface area contributed by atoms with Crippen LogP contribution < -0.4 is 4.90 Å². The Morgan fingerprint density at radius 3 is 2.82 bits per heavy atom. The maximum Gasteiger partial charge on any atom is 0.0702 e. The fourth-order valence-corrected chi connectivity index (χ4v) is 2.18. The van der Waals surface area contributed by atoms with Crippen LogP contribution in [0.2, 0.25) is 5.02 Å². The summed E-state index contributed by atoms with van der Waals surface area (Å²) in [5.74, 6) is 0. The minimum atomic E-state index is 0.0443. The van der Waals surface area contributed by atoms with Crippen molar-refractivity contribution in [2.24, 2.45) is 0 Å². The molecule has 1 fully saturated rings. The second kappa shape index (κ2) is 5.71. The van der Waals surface area contributed by atoms with Crippen molar-refractivity contribution in [3.05, 3.63) is 28.8 Å². The second-order valence-corrected chi connectivity index (χ2v) is 4.78. The van der Waals surface area contributed by atoms with Crippen LogP contribution in [0.25, 0.3) is 0 Å². The first-order valence-electron chi connectivity index (χ1n) is 5.91. The molecule has 0 amide bonds. The van der Waals surface area contributed by atoms with Crippen molar-refractivity contribution < 1.29 is 9.84 Å². The summed E-state index contributed by atoms with van der Waals surface area (Å²) in [6, 6.07) is 6.22. The van der Waals surface area contributed by atoms with Crippen molar-refractivity contribution in [3.8, 4) is 0 Å². The van der Waals surface area contributed by atoms with Crippen LogP contribution >= 0.6 is 11.6 Å². The third-order valence-electron chi connectivity index (χ3n) is 3.05. The highest BCUT2D eigenvalue weighted by Gasteiger charge is 2.30. The molecule has 3 nitrogen and oxygen atoms in total. The number of rotatable bonds is 6. The second-order valence-electron chi connectivity index (χ2n) is 4.35. The summed E-state index contributed by atoms with van der Waals surface area (Å²) in [6.07, 6.45) is 2.42. The zero-order chi connectivity index (χ0) is 12.3. The van der Waals surface area contributed by atoms with Crippen molar-refractivity contribution >= 4 is 17.3 Å². The highest BCUT2D eigenvalue weighted by molar-refractivity contribution is 6.30. The predicted molar refractivity (Wildman–Crippen MR) is 69.6 cm³/mol. The Bertz CT molecular complexity index is 380. The lowest BCUT2D eigenvalue weighted by molar-refractivity contribution is 0.204. The largest absolute Gasteiger partial charge is 0.392 e. The van der Waals surface area contributed by atoms with Crippen LogP contribution in [0.3, 0.4) is 0 Å². The molecule has 17 heavy (non-hydrogen) atoms. The molecule has 0 radical (unpaired) electrons. The first-order valence-corrected chi connectivity index (χ1v) is 6.29. The third-order valence-corrected chi connectivity index (χ3v) is 3.29. The van der Waals surface area contributed by atoms with Crippen molar-refractivity contribution in [2.45, 2.75) is 25.5 Å². The van der Waals surface area contributed by atoms with Crippen LogP contribution in [0, 0.1) is 0 Å². The molecule has 0 aromatic heterocycles. The Hall–Kier alpha value is -0.770. The maximum absolute atomic E-state index is 9.38. The molecular weight excluding hydrogens is 238 g/mol. The zero-order valence-corrected chi connectivity index (χ0v) is 10.8. The van der Waals surface area contributed by atoms with Gasteiger partial charge in [0, 0.05) is 36.0 Å². The Labute approximate surface area is 107 Å². The molecule has 0 atom stereocenters. The van der Waals surface area contributed by atoms with Gasteiger partial charge >= 0.3 is 0 Å². The van der Waals surface area contributed by atoms with E-state index < -0.39 is 0 Å². The lowest BCUT2D eigenvalue weighted by atomic mass is 10.1. The number of anilines is 1. The molecule has 1 aliphatic carbocycles. The summed E-state index contributed by atoms with van der Waals surface area (Å²) in [7, 11) is 1.70. The van der Waals surface area contributed by atoms with E-state index in [9.17, 15) is 5.11 Å². The van der Waals surface area contributed by atoms with Gasteiger partial charge in [0.15, 0.2) is 0 Å². The van der Waals surface area contributed by atoms with E-state index in [0.717, 1.165) is 17.8 Å². The molecule has 1 aliphatic rings. The summed E-state index contributed by atoms with van der Waals surface area (Å²) < 4.78 is 5.14. The molecule has 0 unspecified atom stereocenters. The average molecular weight is 256 g/mol. The molecule has 1 aromatic carbocycles. The van der Waals surface area contributed by atoms with Gasteiger partial charge in [-0.2, -0.15) is 0 Å². The van der Waals surface area contributed by atoms with Gasteiger partial charge in [-0.25, -0.2) is 0 Å². The van der Waals surface area contributed by atoms with E-state index in [-0.39, 0.29) is 6.61 Å². The fraction of sp³-hybridized carbons (Fsp3) is 0.538. The van der Waals surface area contributed by atoms with Crippen LogP contribution in [-0.4, -0.2) is 31.4 Å². The highest BCUT2D eigenvalue weighted by atomic mass is 35.5. The predicted octanol–water partition coefficient (Wildman–Crippen LogP) is 2.45. The Morgan fingerprint density at radius 1 is 1.47 bits per heavy atom. The van der Waals surface area contributed by atoms with Gasteiger partial charge in [0.25, 0.3) is 0 Å². The Morgan fingerprint density at radius 2 is 2.24 bits per heavy atom. The Balaban J connectivity index is 2.23. The number of ether oxygens (including phenoxy) is 1. The smallest absolute Gasteiger partial charge is 0.0702 e. The molecule has 4 heteroatoms. The van der Waals surface area contributed by atoms with E-state index in [1.54, 1.807) is 7.11 Å². The summed E-state index contributed by atoms with van der Waals surface area (Å²) in [5, 5.41) is 10.1. The summed E-state index contributed by atoms with van der Waals surface area (Å²) in [6.45, 7) is 1.57. The van der Waals surface area contributed by atoms with Gasteiger partial charge in [-0.05, 0) is 25.0 Å². The van der Waals surface area contributed by atoms with Gasteiger partial charge in [-0.15, -0.1) is 0 Å². The Kier molecular flexibility index (Phi) is 4.26. The molecule has 2 rings (SSSR count). The number of methoxy groups -OCH3 is 1. The molecule has 1 aromatic rings. The number of hydrogen-bond acceptors (Lipinski definition) is 3. The first-order chi connectivity index (χ1) is 8.26. The summed E-state index contributed by atoms with van der Waals surface area (Å²) in [5.41, 5.74) is 1.97. The van der Waals surface area contributed by atoms with E-state index >= 15 is 0 Å². The van der Waals surface area contributed by atoms with Gasteiger partial charge < -0.3 is 14.7 Å². The monoisotopic (exact) mass is 255 g/mol. The third kappa shape index (κ3) is 3.12. The SMILES string of the molecule is COCCN(c1cc(Cl)ccc1CO)C1CC1. The van der Waals surface area contributed by atoms with Gasteiger partial charge in [0.1, 0.15) is 0 Å². The van der Waals surface area contributed by atoms with Crippen molar-refractivity contribution in [2.75, 3.05) is 25.2 Å². The van der Waals surface area contributed by atoms with E-state index in [1.165, 1.54) is 12.8 Å². The van der Waals surface area contributed by atoms with Crippen LogP contribution in [-0.2, 0) is 11.3 Å². The minimum absolute atomic E-state index is 0.0443. The normalized spacial score (nSPS) is 15.0. The number of aliphatic hydroxyl groups is 1. The standard InChI is InChI=1S/C13H18ClNO2/c1-17-7-6-15(12-4-5-12)13-8-11(14)3-2-10(13)9-16/h2-3,8,12,16H,4-7,9H2,1H3. The fourth-order valence-electron chi connectivity index (χ4n) is 2.01. The van der Waals surface area contributed by atoms with E-state index in [0.29, 0.717) is 17.7 Å². The number of benzene rings is 1. The molecule has 0 spiro atoms. The molecule has 0 aliphatic heterocycles. The van der Waals surface area contributed by atoms with Crippen LogP contribution in [0.5, 0.6) is 0 Å². The molecular formula is C13H18ClNO2. The van der Waals surface area contributed by atoms with E-state index in [1.807, 2.05) is 18.2 Å². The van der Waals surface area contributed by atoms with Crippen molar-refractivity contribution in [3.63, 3.8) is 0 Å². The average Bonchev–Trinajstić information content (AvgIpc) is 3.14. The molecule has 0 saturated heterocycles. The van der Waals surface area contributed by atoms with Gasteiger partial charge in [-0.1, -0.05) is 17.7 Å². The lowest BCUT2D eigenvalue weighted by Crippen LogP contribution is -2.30. The molecule has 94 valence electrons. The summed E-state index contributed by atoms with van der Waals surface area (Å²) >= 11 is 6.04. The molecule has 0 bridgehead atoms. The number of nitrogens with zero attached hydrogens (tertiary/aromatic N) is 1. The lowest BCUT2D eigenvalue weighted by Gasteiger charge is -2.26. The van der Waals surface area contributed by atoms with Crippen molar-refractivity contribution in [1.82, 2.24) is 0 Å². The molecule has 1 saturated carbocycles. The van der Waals surface area contributed by atoms with E-state index in [2.05, 4.69) is 4.90 Å². The van der Waals surface area contributed by atoms with Crippen LogP contribution in [0.1, 0.15) is 18.4 Å².